The number of hydrogen-bond donors (Lipinski definition) is 2. The number of ether oxygens (including phenoxy) is 1. The summed E-state index contributed by atoms with van der Waals surface area (Å²) in [6, 6.07) is 21.4. The van der Waals surface area contributed by atoms with Crippen LogP contribution in [0.1, 0.15) is 15.9 Å². The van der Waals surface area contributed by atoms with Crippen LogP contribution < -0.4 is 10.2 Å². The highest BCUT2D eigenvalue weighted by molar-refractivity contribution is 9.10. The number of hydrogen-bond acceptors (Lipinski definition) is 6. The molecule has 0 bridgehead atoms. The average Bonchev–Trinajstić information content (AvgIpc) is 3.22. The molecule has 7 nitrogen and oxygen atoms in total. The number of carbonyl (C=O) groups excluding carboxylic acids is 2. The van der Waals surface area contributed by atoms with Crippen LogP contribution in [0.4, 0.5) is 0 Å². The fourth-order valence-electron chi connectivity index (χ4n) is 2.72. The first-order valence-electron chi connectivity index (χ1n) is 9.54. The predicted octanol–water partition coefficient (Wildman–Crippen LogP) is 4.79. The molecule has 0 spiro atoms. The first kappa shape index (κ1) is 21.8. The quantitative estimate of drug-likeness (QED) is 0.123. The number of rotatable bonds is 7. The molecule has 0 radical (unpaired) electrons. The number of para-hydroxylation sites is 2. The van der Waals surface area contributed by atoms with Gasteiger partial charge >= 0.3 is 5.97 Å². The van der Waals surface area contributed by atoms with E-state index in [2.05, 4.69) is 36.4 Å². The SMILES string of the molecule is O=C(CSc1nc2ccccc2[nH]1)N/N=C\c1ccc(OC(=O)c2ccc(Br)cc2)cc1. The Morgan fingerprint density at radius 2 is 1.81 bits per heavy atom. The van der Waals surface area contributed by atoms with Crippen LogP contribution in [0.15, 0.2) is 87.5 Å². The Morgan fingerprint density at radius 3 is 2.56 bits per heavy atom. The highest BCUT2D eigenvalue weighted by Crippen LogP contribution is 2.19. The second kappa shape index (κ2) is 10.3. The number of amides is 1. The number of nitrogens with one attached hydrogen (secondary N) is 2. The van der Waals surface area contributed by atoms with Gasteiger partial charge in [0.2, 0.25) is 0 Å². The van der Waals surface area contributed by atoms with E-state index in [1.54, 1.807) is 48.5 Å². The number of imidazole rings is 1. The number of carbonyl (C=O) groups is 2. The smallest absolute Gasteiger partial charge is 0.343 e. The summed E-state index contributed by atoms with van der Waals surface area (Å²) in [6.07, 6.45) is 1.52. The van der Waals surface area contributed by atoms with Gasteiger partial charge in [0.1, 0.15) is 5.75 Å². The van der Waals surface area contributed by atoms with E-state index in [1.165, 1.54) is 18.0 Å². The van der Waals surface area contributed by atoms with E-state index in [0.29, 0.717) is 16.5 Å². The zero-order valence-electron chi connectivity index (χ0n) is 16.6. The lowest BCUT2D eigenvalue weighted by molar-refractivity contribution is -0.118. The van der Waals surface area contributed by atoms with Crippen molar-refractivity contribution in [3.63, 3.8) is 0 Å². The molecule has 1 aromatic heterocycles. The average molecular weight is 509 g/mol. The number of H-pyrrole nitrogens is 1. The van der Waals surface area contributed by atoms with Gasteiger partial charge in [-0.25, -0.2) is 15.2 Å². The van der Waals surface area contributed by atoms with Crippen LogP contribution in [0.25, 0.3) is 11.0 Å². The van der Waals surface area contributed by atoms with Crippen molar-refractivity contribution in [3.05, 3.63) is 88.4 Å². The summed E-state index contributed by atoms with van der Waals surface area (Å²) in [5.41, 5.74) is 5.49. The highest BCUT2D eigenvalue weighted by Gasteiger charge is 2.08. The van der Waals surface area contributed by atoms with Crippen LogP contribution in [0, 0.1) is 0 Å². The molecule has 2 N–H and O–H groups in total. The summed E-state index contributed by atoms with van der Waals surface area (Å²) in [7, 11) is 0. The molecule has 0 aliphatic carbocycles. The van der Waals surface area contributed by atoms with Gasteiger partial charge in [-0.05, 0) is 66.2 Å². The van der Waals surface area contributed by atoms with Crippen molar-refractivity contribution in [2.45, 2.75) is 5.16 Å². The number of nitrogens with zero attached hydrogens (tertiary/aromatic N) is 2. The molecule has 0 atom stereocenters. The topological polar surface area (TPSA) is 96.4 Å². The fourth-order valence-corrected chi connectivity index (χ4v) is 3.66. The molecule has 0 saturated heterocycles. The van der Waals surface area contributed by atoms with Gasteiger partial charge in [-0.15, -0.1) is 0 Å². The van der Waals surface area contributed by atoms with Crippen molar-refractivity contribution < 1.29 is 14.3 Å². The molecule has 0 fully saturated rings. The number of thioether (sulfide) groups is 1. The van der Waals surface area contributed by atoms with Gasteiger partial charge in [0.15, 0.2) is 5.16 Å². The minimum atomic E-state index is -0.437. The molecule has 0 aliphatic heterocycles. The van der Waals surface area contributed by atoms with Crippen LogP contribution in [0.3, 0.4) is 0 Å². The van der Waals surface area contributed by atoms with Crippen molar-refractivity contribution in [1.29, 1.82) is 0 Å². The lowest BCUT2D eigenvalue weighted by Crippen LogP contribution is -2.19. The van der Waals surface area contributed by atoms with Crippen molar-refractivity contribution in [3.8, 4) is 5.75 Å². The number of esters is 1. The second-order valence-corrected chi connectivity index (χ2v) is 8.49. The minimum absolute atomic E-state index is 0.183. The Kier molecular flexibility index (Phi) is 6.98. The van der Waals surface area contributed by atoms with Crippen molar-refractivity contribution in [2.75, 3.05) is 5.75 Å². The van der Waals surface area contributed by atoms with E-state index in [9.17, 15) is 9.59 Å². The van der Waals surface area contributed by atoms with E-state index in [4.69, 9.17) is 4.74 Å². The fraction of sp³-hybridized carbons (Fsp3) is 0.0435. The molecule has 4 aromatic rings. The van der Waals surface area contributed by atoms with Crippen LogP contribution in [0.2, 0.25) is 0 Å². The lowest BCUT2D eigenvalue weighted by Gasteiger charge is -2.04. The third kappa shape index (κ3) is 5.83. The summed E-state index contributed by atoms with van der Waals surface area (Å²) in [6.45, 7) is 0. The summed E-state index contributed by atoms with van der Waals surface area (Å²) in [5.74, 6) is -0.0801. The molecule has 1 heterocycles. The normalized spacial score (nSPS) is 11.0. The van der Waals surface area contributed by atoms with Gasteiger partial charge < -0.3 is 9.72 Å². The Labute approximate surface area is 196 Å². The third-order valence-electron chi connectivity index (χ3n) is 4.28. The number of benzene rings is 3. The number of halogens is 1. The lowest BCUT2D eigenvalue weighted by atomic mass is 10.2. The zero-order valence-corrected chi connectivity index (χ0v) is 19.0. The van der Waals surface area contributed by atoms with Crippen LogP contribution in [-0.4, -0.2) is 33.8 Å². The Bertz CT molecular complexity index is 1240. The van der Waals surface area contributed by atoms with Crippen molar-refractivity contribution in [2.24, 2.45) is 5.10 Å². The third-order valence-corrected chi connectivity index (χ3v) is 5.68. The number of hydrazone groups is 1. The molecule has 0 aliphatic rings. The van der Waals surface area contributed by atoms with Gasteiger partial charge in [-0.2, -0.15) is 5.10 Å². The molecule has 9 heteroatoms. The molecule has 1 amide bonds. The molecule has 0 saturated carbocycles. The maximum atomic E-state index is 12.2. The molecular formula is C23H17BrN4O3S. The summed E-state index contributed by atoms with van der Waals surface area (Å²) < 4.78 is 6.24. The molecule has 160 valence electrons. The Hall–Kier alpha value is -3.43. The predicted molar refractivity (Wildman–Crippen MR) is 128 cm³/mol. The van der Waals surface area contributed by atoms with E-state index in [1.807, 2.05) is 24.3 Å². The van der Waals surface area contributed by atoms with Gasteiger partial charge in [-0.3, -0.25) is 4.79 Å². The summed E-state index contributed by atoms with van der Waals surface area (Å²) in [5, 5.41) is 4.64. The monoisotopic (exact) mass is 508 g/mol. The minimum Gasteiger partial charge on any atom is -0.423 e. The largest absolute Gasteiger partial charge is 0.423 e. The number of fused-ring (bicyclic) bond motifs is 1. The van der Waals surface area contributed by atoms with Crippen LogP contribution in [-0.2, 0) is 4.79 Å². The van der Waals surface area contributed by atoms with E-state index in [0.717, 1.165) is 21.1 Å². The van der Waals surface area contributed by atoms with Crippen molar-refractivity contribution >= 4 is 56.8 Å². The van der Waals surface area contributed by atoms with Crippen LogP contribution in [0.5, 0.6) is 5.75 Å². The summed E-state index contributed by atoms with van der Waals surface area (Å²) in [4.78, 5) is 31.7. The van der Waals surface area contributed by atoms with Gasteiger partial charge in [-0.1, -0.05) is 39.8 Å². The van der Waals surface area contributed by atoms with Crippen LogP contribution >= 0.6 is 27.7 Å². The highest BCUT2D eigenvalue weighted by atomic mass is 79.9. The standard InChI is InChI=1S/C23H17BrN4O3S/c24-17-9-7-16(8-10-17)22(30)31-18-11-5-15(6-12-18)13-25-28-21(29)14-32-23-26-19-3-1-2-4-20(19)27-23/h1-13H,14H2,(H,26,27)(H,28,29)/b25-13-. The zero-order chi connectivity index (χ0) is 22.3. The first-order valence-corrected chi connectivity index (χ1v) is 11.3. The number of aromatic nitrogens is 2. The molecule has 32 heavy (non-hydrogen) atoms. The van der Waals surface area contributed by atoms with Gasteiger partial charge in [0.05, 0.1) is 28.6 Å². The Balaban J connectivity index is 1.24. The molecule has 4 rings (SSSR count). The van der Waals surface area contributed by atoms with E-state index >= 15 is 0 Å². The second-order valence-electron chi connectivity index (χ2n) is 6.61. The molecular weight excluding hydrogens is 492 g/mol. The van der Waals surface area contributed by atoms with E-state index < -0.39 is 5.97 Å². The Morgan fingerprint density at radius 1 is 1.06 bits per heavy atom. The van der Waals surface area contributed by atoms with E-state index in [-0.39, 0.29) is 11.7 Å². The molecule has 3 aromatic carbocycles. The first-order chi connectivity index (χ1) is 15.6. The maximum absolute atomic E-state index is 12.2. The molecule has 0 unspecified atom stereocenters. The van der Waals surface area contributed by atoms with Gasteiger partial charge in [0.25, 0.3) is 5.91 Å². The maximum Gasteiger partial charge on any atom is 0.343 e. The van der Waals surface area contributed by atoms with Crippen molar-refractivity contribution in [1.82, 2.24) is 15.4 Å². The van der Waals surface area contributed by atoms with Gasteiger partial charge in [0, 0.05) is 4.47 Å². The summed E-state index contributed by atoms with van der Waals surface area (Å²) >= 11 is 4.63. The number of aromatic amines is 1.